The predicted octanol–water partition coefficient (Wildman–Crippen LogP) is 0.194. The summed E-state index contributed by atoms with van der Waals surface area (Å²) in [7, 11) is 1.00. The van der Waals surface area contributed by atoms with Gasteiger partial charge in [0.05, 0.1) is 12.1 Å². The average molecular weight is 230 g/mol. The van der Waals surface area contributed by atoms with Gasteiger partial charge >= 0.3 is 5.97 Å². The number of aromatic amines is 1. The topological polar surface area (TPSA) is 105 Å². The Balaban J connectivity index is 0.000000244. The number of nitrogens with one attached hydrogen (secondary N) is 1. The quantitative estimate of drug-likeness (QED) is 0.619. The lowest BCUT2D eigenvalue weighted by molar-refractivity contribution is -0.140. The summed E-state index contributed by atoms with van der Waals surface area (Å²) in [5, 5.41) is 12.5. The van der Waals surface area contributed by atoms with E-state index in [0.717, 1.165) is 12.8 Å². The lowest BCUT2D eigenvalue weighted by Crippen LogP contribution is -1.92. The summed E-state index contributed by atoms with van der Waals surface area (Å²) >= 11 is 0. The van der Waals surface area contributed by atoms with Crippen molar-refractivity contribution in [3.63, 3.8) is 0 Å². The van der Waals surface area contributed by atoms with Gasteiger partial charge in [-0.25, -0.2) is 4.79 Å². The summed E-state index contributed by atoms with van der Waals surface area (Å²) < 4.78 is 4.53. The SMILES string of the molecule is CC1=NOC(=O)C1.CO.Cc1cc(=O)[nH]o1. The van der Waals surface area contributed by atoms with E-state index in [1.54, 1.807) is 13.8 Å². The minimum atomic E-state index is -0.252. The molecule has 90 valence electrons. The number of oxime groups is 1. The molecule has 0 spiro atoms. The third kappa shape index (κ3) is 5.76. The summed E-state index contributed by atoms with van der Waals surface area (Å²) in [4.78, 5) is 24.5. The average Bonchev–Trinajstić information content (AvgIpc) is 2.80. The number of hydrogen-bond donors (Lipinski definition) is 2. The largest absolute Gasteiger partial charge is 0.400 e. The maximum absolute atomic E-state index is 10.1. The maximum Gasteiger partial charge on any atom is 0.340 e. The Labute approximate surface area is 91.7 Å². The summed E-state index contributed by atoms with van der Waals surface area (Å²) in [6.45, 7) is 3.46. The van der Waals surface area contributed by atoms with E-state index >= 15 is 0 Å². The number of nitrogens with zero attached hydrogens (tertiary/aromatic N) is 1. The number of carbonyl (C=O) groups is 1. The number of carbonyl (C=O) groups excluding carboxylic acids is 1. The maximum atomic E-state index is 10.1. The standard InChI is InChI=1S/2C4H5NO2.CH4O/c1-3-2-4(6)5-7-3;1-3-2-4(6)7-5-3;1-2/h2H,1H3,(H,5,6);2H2,1H3;2H,1H3. The van der Waals surface area contributed by atoms with Gasteiger partial charge in [-0.2, -0.15) is 5.16 Å². The summed E-state index contributed by atoms with van der Waals surface area (Å²) in [6, 6.07) is 1.39. The second-order valence-electron chi connectivity index (χ2n) is 2.79. The number of aliphatic hydroxyl groups is 1. The van der Waals surface area contributed by atoms with Crippen LogP contribution in [0.25, 0.3) is 0 Å². The molecule has 0 aromatic carbocycles. The first-order valence-corrected chi connectivity index (χ1v) is 4.41. The molecule has 0 amide bonds. The highest BCUT2D eigenvalue weighted by molar-refractivity contribution is 6.00. The van der Waals surface area contributed by atoms with E-state index in [4.69, 9.17) is 5.11 Å². The highest BCUT2D eigenvalue weighted by Gasteiger charge is 2.11. The molecule has 0 atom stereocenters. The zero-order valence-electron chi connectivity index (χ0n) is 9.31. The van der Waals surface area contributed by atoms with Crippen LogP contribution in [0.2, 0.25) is 0 Å². The Morgan fingerprint density at radius 3 is 2.12 bits per heavy atom. The van der Waals surface area contributed by atoms with Crippen molar-refractivity contribution in [1.82, 2.24) is 5.16 Å². The first-order valence-electron chi connectivity index (χ1n) is 4.41. The second-order valence-corrected chi connectivity index (χ2v) is 2.79. The van der Waals surface area contributed by atoms with Gasteiger partial charge in [0.25, 0.3) is 5.56 Å². The summed E-state index contributed by atoms with van der Waals surface area (Å²) in [5.41, 5.74) is 0.572. The first-order chi connectivity index (χ1) is 7.58. The van der Waals surface area contributed by atoms with Gasteiger partial charge in [-0.1, -0.05) is 5.16 Å². The van der Waals surface area contributed by atoms with Crippen LogP contribution in [0.3, 0.4) is 0 Å². The molecular weight excluding hydrogens is 216 g/mol. The van der Waals surface area contributed by atoms with Crippen LogP contribution < -0.4 is 5.56 Å². The van der Waals surface area contributed by atoms with Crippen LogP contribution in [0.4, 0.5) is 0 Å². The fourth-order valence-electron chi connectivity index (χ4n) is 0.777. The van der Waals surface area contributed by atoms with Crippen LogP contribution in [-0.2, 0) is 9.63 Å². The van der Waals surface area contributed by atoms with Crippen molar-refractivity contribution < 1.29 is 19.3 Å². The van der Waals surface area contributed by atoms with E-state index in [9.17, 15) is 9.59 Å². The van der Waals surface area contributed by atoms with Crippen molar-refractivity contribution in [2.75, 3.05) is 7.11 Å². The Morgan fingerprint density at radius 2 is 2.00 bits per heavy atom. The molecule has 2 N–H and O–H groups in total. The van der Waals surface area contributed by atoms with Crippen LogP contribution in [0.15, 0.2) is 20.5 Å². The van der Waals surface area contributed by atoms with Crippen LogP contribution in [0.5, 0.6) is 0 Å². The molecule has 16 heavy (non-hydrogen) atoms. The van der Waals surface area contributed by atoms with Crippen molar-refractivity contribution in [3.8, 4) is 0 Å². The van der Waals surface area contributed by atoms with E-state index in [1.807, 2.05) is 0 Å². The molecule has 7 nitrogen and oxygen atoms in total. The molecule has 0 bridgehead atoms. The molecule has 2 heterocycles. The molecule has 0 saturated heterocycles. The highest BCUT2D eigenvalue weighted by atomic mass is 16.7. The molecule has 2 rings (SSSR count). The number of rotatable bonds is 0. The van der Waals surface area contributed by atoms with Crippen LogP contribution in [0.1, 0.15) is 19.1 Å². The Kier molecular flexibility index (Phi) is 6.53. The number of aliphatic hydroxyl groups excluding tert-OH is 1. The fourth-order valence-corrected chi connectivity index (χ4v) is 0.777. The molecule has 0 radical (unpaired) electrons. The van der Waals surface area contributed by atoms with E-state index < -0.39 is 0 Å². The molecule has 0 saturated carbocycles. The van der Waals surface area contributed by atoms with Gasteiger partial charge in [-0.15, -0.1) is 0 Å². The number of H-pyrrole nitrogens is 1. The monoisotopic (exact) mass is 230 g/mol. The van der Waals surface area contributed by atoms with E-state index in [2.05, 4.69) is 19.7 Å². The minimum absolute atomic E-state index is 0.183. The van der Waals surface area contributed by atoms with Crippen molar-refractivity contribution >= 4 is 11.7 Å². The zero-order chi connectivity index (χ0) is 12.6. The van der Waals surface area contributed by atoms with Gasteiger partial charge in [0.15, 0.2) is 0 Å². The zero-order valence-corrected chi connectivity index (χ0v) is 9.31. The molecule has 0 aliphatic carbocycles. The van der Waals surface area contributed by atoms with Gasteiger partial charge < -0.3 is 14.5 Å². The van der Waals surface area contributed by atoms with Crippen LogP contribution >= 0.6 is 0 Å². The van der Waals surface area contributed by atoms with Crippen molar-refractivity contribution in [1.29, 1.82) is 0 Å². The van der Waals surface area contributed by atoms with E-state index in [0.29, 0.717) is 12.2 Å². The predicted molar refractivity (Wildman–Crippen MR) is 56.0 cm³/mol. The van der Waals surface area contributed by atoms with E-state index in [-0.39, 0.29) is 11.5 Å². The van der Waals surface area contributed by atoms with E-state index in [1.165, 1.54) is 6.07 Å². The summed E-state index contributed by atoms with van der Waals surface area (Å²) in [6.07, 6.45) is 0.361. The second kappa shape index (κ2) is 7.41. The van der Waals surface area contributed by atoms with Crippen LogP contribution in [0, 0.1) is 6.92 Å². The number of aromatic nitrogens is 1. The van der Waals surface area contributed by atoms with Gasteiger partial charge in [0, 0.05) is 13.2 Å². The van der Waals surface area contributed by atoms with Gasteiger partial charge in [0.1, 0.15) is 5.76 Å². The molecule has 1 aromatic heterocycles. The Morgan fingerprint density at radius 1 is 1.38 bits per heavy atom. The molecule has 1 aliphatic heterocycles. The molecule has 0 fully saturated rings. The fraction of sp³-hybridized carbons (Fsp3) is 0.444. The van der Waals surface area contributed by atoms with Gasteiger partial charge in [-0.05, 0) is 13.8 Å². The van der Waals surface area contributed by atoms with Gasteiger partial charge in [0.2, 0.25) is 0 Å². The smallest absolute Gasteiger partial charge is 0.340 e. The van der Waals surface area contributed by atoms with Crippen molar-refractivity contribution in [3.05, 3.63) is 22.2 Å². The molecular formula is C9H14N2O5. The Bertz CT molecular complexity index is 404. The lowest BCUT2D eigenvalue weighted by Gasteiger charge is -1.75. The normalized spacial score (nSPS) is 12.8. The third-order valence-electron chi connectivity index (χ3n) is 1.35. The number of aryl methyl sites for hydroxylation is 1. The van der Waals surface area contributed by atoms with Crippen molar-refractivity contribution in [2.45, 2.75) is 20.3 Å². The van der Waals surface area contributed by atoms with Gasteiger partial charge in [-0.3, -0.25) is 4.79 Å². The molecule has 7 heteroatoms. The van der Waals surface area contributed by atoms with Crippen LogP contribution in [-0.4, -0.2) is 29.1 Å². The third-order valence-corrected chi connectivity index (χ3v) is 1.35. The van der Waals surface area contributed by atoms with Crippen molar-refractivity contribution in [2.24, 2.45) is 5.16 Å². The number of hydrogen-bond acceptors (Lipinski definition) is 6. The lowest BCUT2D eigenvalue weighted by atomic mass is 10.3. The Hall–Kier alpha value is -1.89. The molecule has 0 unspecified atom stereocenters. The molecule has 1 aromatic rings. The highest BCUT2D eigenvalue weighted by Crippen LogP contribution is 1.99. The first kappa shape index (κ1) is 14.1. The minimum Gasteiger partial charge on any atom is -0.400 e. The summed E-state index contributed by atoms with van der Waals surface area (Å²) in [5.74, 6) is 0.363. The molecule has 1 aliphatic rings.